The number of benzene rings is 2. The number of aromatic carboxylic acids is 1. The molecule has 9 heteroatoms. The molecule has 0 aliphatic heterocycles. The number of ether oxygens (including phenoxy) is 1. The number of carbonyl (C=O) groups is 2. The van der Waals surface area contributed by atoms with Crippen LogP contribution in [0.4, 0.5) is 0 Å². The fourth-order valence-corrected chi connectivity index (χ4v) is 3.97. The lowest BCUT2D eigenvalue weighted by Crippen LogP contribution is -2.17. The molecule has 160 valence electrons. The highest BCUT2D eigenvalue weighted by Gasteiger charge is 2.14. The van der Waals surface area contributed by atoms with E-state index in [-0.39, 0.29) is 16.5 Å². The quantitative estimate of drug-likeness (QED) is 0.261. The number of aryl methyl sites for hydroxylation is 1. The first-order chi connectivity index (χ1) is 14.7. The smallest absolute Gasteiger partial charge is 0.337 e. The summed E-state index contributed by atoms with van der Waals surface area (Å²) < 4.78 is 8.08. The number of amides is 1. The average Bonchev–Trinajstić information content (AvgIpc) is 3.01. The molecule has 1 amide bonds. The molecule has 0 unspecified atom stereocenters. The first-order valence-electron chi connectivity index (χ1n) is 9.12. The number of aromatic nitrogens is 1. The second-order valence-corrected chi connectivity index (χ2v) is 8.25. The lowest BCUT2D eigenvalue weighted by Gasteiger charge is -2.11. The second kappa shape index (κ2) is 9.52. The highest BCUT2D eigenvalue weighted by atomic mass is 127. The molecule has 3 rings (SSSR count). The van der Waals surface area contributed by atoms with Crippen LogP contribution in [0.5, 0.6) is 5.75 Å². The third-order valence-electron chi connectivity index (χ3n) is 4.69. The van der Waals surface area contributed by atoms with Crippen molar-refractivity contribution in [3.05, 3.63) is 79.1 Å². The normalized spacial score (nSPS) is 11.0. The number of hydrazone groups is 1. The predicted molar refractivity (Wildman–Crippen MR) is 128 cm³/mol. The number of carboxylic acids is 1. The van der Waals surface area contributed by atoms with Gasteiger partial charge in [0.25, 0.3) is 5.91 Å². The maximum absolute atomic E-state index is 12.4. The Hall–Kier alpha value is -2.85. The lowest BCUT2D eigenvalue weighted by atomic mass is 10.2. The van der Waals surface area contributed by atoms with Crippen molar-refractivity contribution in [1.82, 2.24) is 9.99 Å². The number of hydrogen-bond acceptors (Lipinski definition) is 4. The SMILES string of the molecule is COc1cc(C(=O)N/N=C/c2cc(C)n(-c3ccc(C(=O)O)c(Cl)c3)c2C)ccc1I. The van der Waals surface area contributed by atoms with Crippen LogP contribution in [0.25, 0.3) is 5.69 Å². The second-order valence-electron chi connectivity index (χ2n) is 6.68. The lowest BCUT2D eigenvalue weighted by molar-refractivity contribution is 0.0696. The van der Waals surface area contributed by atoms with Crippen molar-refractivity contribution in [1.29, 1.82) is 0 Å². The Kier molecular flexibility index (Phi) is 7.01. The number of carbonyl (C=O) groups excluding carboxylic acids is 1. The minimum Gasteiger partial charge on any atom is -0.496 e. The Bertz CT molecular complexity index is 1200. The molecule has 1 heterocycles. The Balaban J connectivity index is 1.81. The van der Waals surface area contributed by atoms with Crippen LogP contribution in [0.3, 0.4) is 0 Å². The molecular weight excluding hydrogens is 533 g/mol. The monoisotopic (exact) mass is 551 g/mol. The zero-order valence-electron chi connectivity index (χ0n) is 16.9. The maximum Gasteiger partial charge on any atom is 0.337 e. The van der Waals surface area contributed by atoms with Gasteiger partial charge in [0.2, 0.25) is 0 Å². The third kappa shape index (κ3) is 4.91. The molecule has 0 spiro atoms. The highest BCUT2D eigenvalue weighted by molar-refractivity contribution is 14.1. The topological polar surface area (TPSA) is 92.9 Å². The number of nitrogens with one attached hydrogen (secondary N) is 1. The summed E-state index contributed by atoms with van der Waals surface area (Å²) in [5.41, 5.74) is 6.32. The average molecular weight is 552 g/mol. The molecule has 0 aliphatic carbocycles. The van der Waals surface area contributed by atoms with Crippen LogP contribution in [0.15, 0.2) is 47.6 Å². The van der Waals surface area contributed by atoms with Crippen LogP contribution in [0, 0.1) is 17.4 Å². The van der Waals surface area contributed by atoms with E-state index in [4.69, 9.17) is 21.4 Å². The summed E-state index contributed by atoms with van der Waals surface area (Å²) in [6.07, 6.45) is 1.56. The molecule has 3 aromatic rings. The van der Waals surface area contributed by atoms with E-state index in [1.807, 2.05) is 24.5 Å². The van der Waals surface area contributed by atoms with Crippen LogP contribution in [0.2, 0.25) is 5.02 Å². The van der Waals surface area contributed by atoms with Gasteiger partial charge in [0.05, 0.1) is 27.5 Å². The summed E-state index contributed by atoms with van der Waals surface area (Å²) in [7, 11) is 1.55. The number of methoxy groups -OCH3 is 1. The van der Waals surface area contributed by atoms with Gasteiger partial charge < -0.3 is 14.4 Å². The number of nitrogens with zero attached hydrogens (tertiary/aromatic N) is 2. The van der Waals surface area contributed by atoms with Crippen molar-refractivity contribution in [3.63, 3.8) is 0 Å². The Morgan fingerprint density at radius 2 is 1.94 bits per heavy atom. The zero-order chi connectivity index (χ0) is 22.7. The van der Waals surface area contributed by atoms with Gasteiger partial charge in [0.15, 0.2) is 0 Å². The zero-order valence-corrected chi connectivity index (χ0v) is 19.9. The minimum absolute atomic E-state index is 0.0459. The van der Waals surface area contributed by atoms with E-state index in [0.29, 0.717) is 11.3 Å². The molecule has 2 N–H and O–H groups in total. The Morgan fingerprint density at radius 3 is 2.58 bits per heavy atom. The van der Waals surface area contributed by atoms with Crippen LogP contribution in [-0.2, 0) is 0 Å². The largest absolute Gasteiger partial charge is 0.496 e. The van der Waals surface area contributed by atoms with Gasteiger partial charge in [0.1, 0.15) is 5.75 Å². The van der Waals surface area contributed by atoms with Gasteiger partial charge in [-0.3, -0.25) is 4.79 Å². The number of carboxylic acid groups (broad SMARTS) is 1. The molecule has 0 atom stereocenters. The molecule has 0 radical (unpaired) electrons. The van der Waals surface area contributed by atoms with Gasteiger partial charge in [-0.25, -0.2) is 10.2 Å². The fraction of sp³-hybridized carbons (Fsp3) is 0.136. The summed E-state index contributed by atoms with van der Waals surface area (Å²) in [5, 5.41) is 13.4. The van der Waals surface area contributed by atoms with Gasteiger partial charge in [-0.15, -0.1) is 0 Å². The van der Waals surface area contributed by atoms with E-state index in [1.165, 1.54) is 6.07 Å². The van der Waals surface area contributed by atoms with Crippen molar-refractivity contribution in [2.45, 2.75) is 13.8 Å². The standard InChI is InChI=1S/C22H19ClIN3O4/c1-12-8-15(11-25-26-21(28)14-4-7-19(24)20(9-14)31-3)13(2)27(12)16-5-6-17(22(29)30)18(23)10-16/h4-11H,1-3H3,(H,26,28)(H,29,30)/b25-11+. The van der Waals surface area contributed by atoms with E-state index in [0.717, 1.165) is 26.2 Å². The van der Waals surface area contributed by atoms with Gasteiger partial charge in [-0.05, 0) is 78.9 Å². The molecule has 0 aliphatic rings. The number of halogens is 2. The maximum atomic E-state index is 12.4. The van der Waals surface area contributed by atoms with Crippen molar-refractivity contribution in [2.24, 2.45) is 5.10 Å². The van der Waals surface area contributed by atoms with Crippen LogP contribution in [-0.4, -0.2) is 34.9 Å². The van der Waals surface area contributed by atoms with E-state index in [9.17, 15) is 9.59 Å². The molecule has 0 bridgehead atoms. The summed E-state index contributed by atoms with van der Waals surface area (Å²) in [6, 6.07) is 11.8. The van der Waals surface area contributed by atoms with Gasteiger partial charge in [0, 0.05) is 28.2 Å². The van der Waals surface area contributed by atoms with Gasteiger partial charge in [-0.1, -0.05) is 11.6 Å². The molecule has 2 aromatic carbocycles. The molecule has 0 saturated heterocycles. The van der Waals surface area contributed by atoms with Gasteiger partial charge in [-0.2, -0.15) is 5.10 Å². The first-order valence-corrected chi connectivity index (χ1v) is 10.6. The molecule has 0 fully saturated rings. The van der Waals surface area contributed by atoms with E-state index < -0.39 is 5.97 Å². The van der Waals surface area contributed by atoms with E-state index in [1.54, 1.807) is 43.7 Å². The summed E-state index contributed by atoms with van der Waals surface area (Å²) >= 11 is 8.25. The van der Waals surface area contributed by atoms with Gasteiger partial charge >= 0.3 is 5.97 Å². The minimum atomic E-state index is -1.08. The van der Waals surface area contributed by atoms with E-state index in [2.05, 4.69) is 33.1 Å². The van der Waals surface area contributed by atoms with Crippen molar-refractivity contribution in [3.8, 4) is 11.4 Å². The van der Waals surface area contributed by atoms with Crippen molar-refractivity contribution in [2.75, 3.05) is 7.11 Å². The first kappa shape index (κ1) is 22.8. The summed E-state index contributed by atoms with van der Waals surface area (Å²) in [6.45, 7) is 3.82. The van der Waals surface area contributed by atoms with Crippen molar-refractivity contribution >= 4 is 52.3 Å². The fourth-order valence-electron chi connectivity index (χ4n) is 3.16. The highest BCUT2D eigenvalue weighted by Crippen LogP contribution is 2.25. The van der Waals surface area contributed by atoms with Crippen LogP contribution in [0.1, 0.15) is 37.7 Å². The molecule has 7 nitrogen and oxygen atoms in total. The summed E-state index contributed by atoms with van der Waals surface area (Å²) in [5.74, 6) is -0.809. The molecule has 0 saturated carbocycles. The molecule has 1 aromatic heterocycles. The van der Waals surface area contributed by atoms with Crippen LogP contribution < -0.4 is 10.2 Å². The Morgan fingerprint density at radius 1 is 1.19 bits per heavy atom. The van der Waals surface area contributed by atoms with Crippen LogP contribution >= 0.6 is 34.2 Å². The van der Waals surface area contributed by atoms with E-state index >= 15 is 0 Å². The number of rotatable bonds is 6. The Labute approximate surface area is 197 Å². The summed E-state index contributed by atoms with van der Waals surface area (Å²) in [4.78, 5) is 23.6. The predicted octanol–water partition coefficient (Wildman–Crippen LogP) is 4.82. The molecular formula is C22H19ClIN3O4. The third-order valence-corrected chi connectivity index (χ3v) is 5.90. The molecule has 31 heavy (non-hydrogen) atoms. The van der Waals surface area contributed by atoms with Crippen molar-refractivity contribution < 1.29 is 19.4 Å². The number of hydrogen-bond donors (Lipinski definition) is 2.